The van der Waals surface area contributed by atoms with Crippen molar-refractivity contribution in [3.8, 4) is 0 Å². The second-order valence-corrected chi connectivity index (χ2v) is 9.98. The molecule has 4 heteroatoms. The van der Waals surface area contributed by atoms with Crippen LogP contribution in [-0.2, 0) is 9.84 Å². The molecule has 0 atom stereocenters. The molecular formula is C20H24O2SSe. The van der Waals surface area contributed by atoms with Crippen molar-refractivity contribution >= 4 is 29.3 Å². The summed E-state index contributed by atoms with van der Waals surface area (Å²) in [5.74, 6) is 0. The summed E-state index contributed by atoms with van der Waals surface area (Å²) in [6, 6.07) is 18.9. The van der Waals surface area contributed by atoms with Crippen LogP contribution in [0.2, 0.25) is 0 Å². The third-order valence-electron chi connectivity index (χ3n) is 3.63. The van der Waals surface area contributed by atoms with Crippen LogP contribution in [0.25, 0.3) is 0 Å². The zero-order valence-corrected chi connectivity index (χ0v) is 16.5. The predicted molar refractivity (Wildman–Crippen MR) is 102 cm³/mol. The summed E-state index contributed by atoms with van der Waals surface area (Å²) in [6.45, 7) is 2.19. The molecule has 128 valence electrons. The van der Waals surface area contributed by atoms with Crippen LogP contribution in [0, 0.1) is 0 Å². The van der Waals surface area contributed by atoms with Crippen molar-refractivity contribution in [2.45, 2.75) is 43.9 Å². The third kappa shape index (κ3) is 6.27. The number of benzene rings is 2. The summed E-state index contributed by atoms with van der Waals surface area (Å²) in [7, 11) is -3.37. The molecule has 0 aliphatic heterocycles. The summed E-state index contributed by atoms with van der Waals surface area (Å²) < 4.78 is 27.6. The van der Waals surface area contributed by atoms with Crippen LogP contribution in [0.15, 0.2) is 75.4 Å². The summed E-state index contributed by atoms with van der Waals surface area (Å²) in [5.41, 5.74) is 0. The van der Waals surface area contributed by atoms with Gasteiger partial charge in [0, 0.05) is 0 Å². The zero-order chi connectivity index (χ0) is 17.3. The van der Waals surface area contributed by atoms with Crippen LogP contribution in [-0.4, -0.2) is 23.4 Å². The van der Waals surface area contributed by atoms with E-state index < -0.39 is 9.84 Å². The molecule has 0 radical (unpaired) electrons. The van der Waals surface area contributed by atoms with E-state index in [4.69, 9.17) is 0 Å². The van der Waals surface area contributed by atoms with Crippen LogP contribution in [0.3, 0.4) is 0 Å². The number of hydrogen-bond acceptors (Lipinski definition) is 2. The number of sulfone groups is 1. The van der Waals surface area contributed by atoms with Crippen molar-refractivity contribution in [1.29, 1.82) is 0 Å². The molecule has 2 aromatic carbocycles. The fourth-order valence-electron chi connectivity index (χ4n) is 2.35. The van der Waals surface area contributed by atoms with E-state index >= 15 is 0 Å². The fraction of sp³-hybridized carbons (Fsp3) is 0.300. The molecule has 0 amide bonds. The first-order valence-electron chi connectivity index (χ1n) is 8.35. The Morgan fingerprint density at radius 2 is 1.54 bits per heavy atom. The first-order valence-corrected chi connectivity index (χ1v) is 11.6. The Morgan fingerprint density at radius 3 is 2.17 bits per heavy atom. The number of unbranched alkanes of at least 4 members (excludes halogenated alkanes) is 3. The summed E-state index contributed by atoms with van der Waals surface area (Å²) in [5, 5.41) is 1.52. The van der Waals surface area contributed by atoms with Crippen LogP contribution in [0.5, 0.6) is 0 Å². The van der Waals surface area contributed by atoms with Crippen molar-refractivity contribution in [2.24, 2.45) is 0 Å². The van der Waals surface area contributed by atoms with Gasteiger partial charge in [0.1, 0.15) is 0 Å². The van der Waals surface area contributed by atoms with E-state index in [1.807, 2.05) is 24.3 Å². The quantitative estimate of drug-likeness (QED) is 0.459. The molecule has 0 unspecified atom stereocenters. The summed E-state index contributed by atoms with van der Waals surface area (Å²) in [6.07, 6.45) is 5.46. The molecule has 0 aromatic heterocycles. The molecule has 2 rings (SSSR count). The molecule has 0 saturated carbocycles. The van der Waals surface area contributed by atoms with Crippen molar-refractivity contribution < 1.29 is 8.42 Å². The van der Waals surface area contributed by atoms with Gasteiger partial charge in [0.2, 0.25) is 0 Å². The zero-order valence-electron chi connectivity index (χ0n) is 14.0. The standard InChI is InChI=1S/C20H24O2SSe/c1-2-3-4-9-16-20(24-19-14-10-6-11-15-19)17-23(21,22)18-12-7-5-8-13-18/h5-8,10-15,17H,2-4,9,16H2,1H3/b20-17+. The molecule has 0 saturated heterocycles. The van der Waals surface area contributed by atoms with E-state index in [0.29, 0.717) is 4.90 Å². The first-order chi connectivity index (χ1) is 11.6. The second-order valence-electron chi connectivity index (χ2n) is 5.67. The average molecular weight is 407 g/mol. The van der Waals surface area contributed by atoms with Crippen molar-refractivity contribution in [3.05, 3.63) is 70.5 Å². The molecule has 0 bridgehead atoms. The van der Waals surface area contributed by atoms with Gasteiger partial charge in [0.25, 0.3) is 0 Å². The van der Waals surface area contributed by atoms with E-state index in [-0.39, 0.29) is 15.0 Å². The van der Waals surface area contributed by atoms with E-state index in [9.17, 15) is 8.42 Å². The van der Waals surface area contributed by atoms with Gasteiger partial charge in [-0.05, 0) is 0 Å². The monoisotopic (exact) mass is 408 g/mol. The van der Waals surface area contributed by atoms with Gasteiger partial charge in [-0.3, -0.25) is 0 Å². The summed E-state index contributed by atoms with van der Waals surface area (Å²) in [4.78, 5) is 0.375. The Morgan fingerprint density at radius 1 is 0.917 bits per heavy atom. The van der Waals surface area contributed by atoms with Crippen molar-refractivity contribution in [3.63, 3.8) is 0 Å². The molecule has 0 fully saturated rings. The Labute approximate surface area is 152 Å². The van der Waals surface area contributed by atoms with Gasteiger partial charge >= 0.3 is 152 Å². The van der Waals surface area contributed by atoms with E-state index in [2.05, 4.69) is 19.1 Å². The first kappa shape index (κ1) is 19.0. The number of allylic oxidation sites excluding steroid dienone is 1. The van der Waals surface area contributed by atoms with Crippen LogP contribution in [0.4, 0.5) is 0 Å². The van der Waals surface area contributed by atoms with Crippen molar-refractivity contribution in [1.82, 2.24) is 0 Å². The molecule has 24 heavy (non-hydrogen) atoms. The van der Waals surface area contributed by atoms with Crippen LogP contribution in [0.1, 0.15) is 39.0 Å². The normalized spacial score (nSPS) is 12.3. The van der Waals surface area contributed by atoms with Crippen LogP contribution >= 0.6 is 0 Å². The van der Waals surface area contributed by atoms with Gasteiger partial charge in [-0.2, -0.15) is 0 Å². The maximum atomic E-state index is 12.7. The van der Waals surface area contributed by atoms with Gasteiger partial charge in [-0.25, -0.2) is 0 Å². The fourth-order valence-corrected chi connectivity index (χ4v) is 6.40. The van der Waals surface area contributed by atoms with Crippen molar-refractivity contribution in [2.75, 3.05) is 0 Å². The van der Waals surface area contributed by atoms with Crippen LogP contribution < -0.4 is 4.46 Å². The molecule has 2 aromatic rings. The summed E-state index contributed by atoms with van der Waals surface area (Å²) >= 11 is 0.0509. The predicted octanol–water partition coefficient (Wildman–Crippen LogP) is 4.30. The number of rotatable bonds is 9. The SMILES string of the molecule is CCCCCC/C(=C\S(=O)(=O)c1ccccc1)[Se]c1ccccc1. The van der Waals surface area contributed by atoms with E-state index in [0.717, 1.165) is 23.7 Å². The number of hydrogen-bond donors (Lipinski definition) is 0. The molecule has 0 N–H and O–H groups in total. The van der Waals surface area contributed by atoms with Gasteiger partial charge in [0.05, 0.1) is 0 Å². The molecule has 0 aliphatic carbocycles. The topological polar surface area (TPSA) is 34.1 Å². The molecular weight excluding hydrogens is 383 g/mol. The Kier molecular flexibility index (Phi) is 7.77. The van der Waals surface area contributed by atoms with E-state index in [1.165, 1.54) is 22.7 Å². The molecule has 0 heterocycles. The molecule has 0 spiro atoms. The third-order valence-corrected chi connectivity index (χ3v) is 7.78. The maximum absolute atomic E-state index is 12.7. The van der Waals surface area contributed by atoms with Gasteiger partial charge in [-0.15, -0.1) is 0 Å². The molecule has 0 aliphatic rings. The second kappa shape index (κ2) is 9.83. The Hall–Kier alpha value is -1.35. The van der Waals surface area contributed by atoms with Gasteiger partial charge in [0.15, 0.2) is 0 Å². The minimum atomic E-state index is -3.37. The average Bonchev–Trinajstić information content (AvgIpc) is 2.60. The van der Waals surface area contributed by atoms with E-state index in [1.54, 1.807) is 24.3 Å². The Bertz CT molecular complexity index is 738. The Balaban J connectivity index is 2.20. The van der Waals surface area contributed by atoms with Gasteiger partial charge in [-0.1, -0.05) is 0 Å². The van der Waals surface area contributed by atoms with Gasteiger partial charge < -0.3 is 0 Å². The minimum absolute atomic E-state index is 0.0509. The molecule has 2 nitrogen and oxygen atoms in total.